The molecule has 18 heavy (non-hydrogen) atoms. The Morgan fingerprint density at radius 3 is 2.44 bits per heavy atom. The van der Waals surface area contributed by atoms with Gasteiger partial charge in [0, 0.05) is 5.56 Å². The molecule has 2 rings (SSSR count). The number of amides is 1. The van der Waals surface area contributed by atoms with Crippen molar-refractivity contribution in [2.45, 2.75) is 25.1 Å². The molecule has 0 radical (unpaired) electrons. The van der Waals surface area contributed by atoms with E-state index in [0.717, 1.165) is 4.31 Å². The van der Waals surface area contributed by atoms with Crippen LogP contribution >= 0.6 is 23.2 Å². The van der Waals surface area contributed by atoms with Crippen LogP contribution in [0, 0.1) is 0 Å². The van der Waals surface area contributed by atoms with Crippen LogP contribution < -0.4 is 0 Å². The van der Waals surface area contributed by atoms with E-state index in [0.29, 0.717) is 5.56 Å². The Morgan fingerprint density at radius 2 is 1.94 bits per heavy atom. The Bertz CT molecular complexity index is 628. The number of carbonyl (C=O) groups excluding carboxylic acids is 1. The molecule has 0 spiro atoms. The first-order valence-electron chi connectivity index (χ1n) is 5.05. The molecule has 8 heteroatoms. The summed E-state index contributed by atoms with van der Waals surface area (Å²) in [4.78, 5) is 15.5. The van der Waals surface area contributed by atoms with Gasteiger partial charge in [-0.15, -0.1) is 0 Å². The quantitative estimate of drug-likeness (QED) is 0.782. The molecular weight excluding hydrogens is 299 g/mol. The van der Waals surface area contributed by atoms with Crippen molar-refractivity contribution >= 4 is 39.1 Å². The van der Waals surface area contributed by atoms with Gasteiger partial charge in [0.25, 0.3) is 15.9 Å². The van der Waals surface area contributed by atoms with E-state index in [9.17, 15) is 13.2 Å². The number of aromatic nitrogens is 1. The third kappa shape index (κ3) is 1.79. The molecule has 0 atom stereocenters. The van der Waals surface area contributed by atoms with Gasteiger partial charge in [-0.2, -0.15) is 0 Å². The fraction of sp³-hybridized carbons (Fsp3) is 0.400. The van der Waals surface area contributed by atoms with Crippen LogP contribution in [0.25, 0.3) is 0 Å². The van der Waals surface area contributed by atoms with Gasteiger partial charge in [-0.3, -0.25) is 4.79 Å². The maximum absolute atomic E-state index is 11.9. The molecule has 98 valence electrons. The van der Waals surface area contributed by atoms with Gasteiger partial charge in [0.15, 0.2) is 4.75 Å². The van der Waals surface area contributed by atoms with Crippen LogP contribution in [-0.4, -0.2) is 28.4 Å². The minimum Gasteiger partial charge on any atom is -0.272 e. The van der Waals surface area contributed by atoms with E-state index in [1.54, 1.807) is 6.07 Å². The zero-order valence-electron chi connectivity index (χ0n) is 9.65. The lowest BCUT2D eigenvalue weighted by Crippen LogP contribution is -2.66. The molecule has 1 aliphatic heterocycles. The first-order valence-corrected chi connectivity index (χ1v) is 7.25. The second kappa shape index (κ2) is 4.08. The first-order chi connectivity index (χ1) is 8.18. The molecule has 1 saturated heterocycles. The molecule has 0 bridgehead atoms. The van der Waals surface area contributed by atoms with E-state index in [4.69, 9.17) is 23.2 Å². The molecule has 0 saturated carbocycles. The third-order valence-corrected chi connectivity index (χ3v) is 5.76. The molecular formula is C10H10Cl2N2O3S. The molecule has 1 fully saturated rings. The average molecular weight is 309 g/mol. The standard InChI is InChI=1S/C10H10Cl2N2O3S/c1-10(2)9(15)14(18(10,16)17)5-6-3-4-7(11)13-8(6)12/h3-4H,5H2,1-2H3. The van der Waals surface area contributed by atoms with Gasteiger partial charge in [-0.1, -0.05) is 29.3 Å². The third-order valence-electron chi connectivity index (χ3n) is 2.88. The zero-order chi connectivity index (χ0) is 13.7. The summed E-state index contributed by atoms with van der Waals surface area (Å²) in [5, 5.41) is 0.303. The van der Waals surface area contributed by atoms with Gasteiger partial charge < -0.3 is 0 Å². The van der Waals surface area contributed by atoms with Gasteiger partial charge in [0.1, 0.15) is 10.3 Å². The van der Waals surface area contributed by atoms with Crippen molar-refractivity contribution in [3.05, 3.63) is 28.0 Å². The molecule has 1 aromatic heterocycles. The molecule has 2 heterocycles. The zero-order valence-corrected chi connectivity index (χ0v) is 12.0. The van der Waals surface area contributed by atoms with Crippen molar-refractivity contribution in [3.8, 4) is 0 Å². The Hall–Kier alpha value is -0.850. The summed E-state index contributed by atoms with van der Waals surface area (Å²) >= 11 is 11.5. The molecule has 1 aliphatic rings. The maximum Gasteiger partial charge on any atom is 0.259 e. The van der Waals surface area contributed by atoms with Crippen LogP contribution in [0.4, 0.5) is 0 Å². The van der Waals surface area contributed by atoms with Gasteiger partial charge >= 0.3 is 0 Å². The van der Waals surface area contributed by atoms with Crippen molar-refractivity contribution in [1.29, 1.82) is 0 Å². The molecule has 0 aliphatic carbocycles. The van der Waals surface area contributed by atoms with E-state index in [1.807, 2.05) is 0 Å². The predicted molar refractivity (Wildman–Crippen MR) is 67.8 cm³/mol. The number of sulfonamides is 1. The largest absolute Gasteiger partial charge is 0.272 e. The van der Waals surface area contributed by atoms with Crippen molar-refractivity contribution in [3.63, 3.8) is 0 Å². The highest BCUT2D eigenvalue weighted by molar-refractivity contribution is 7.94. The first kappa shape index (κ1) is 13.6. The molecule has 0 aromatic carbocycles. The number of hydrogen-bond acceptors (Lipinski definition) is 4. The second-order valence-corrected chi connectivity index (χ2v) is 7.57. The Morgan fingerprint density at radius 1 is 1.33 bits per heavy atom. The van der Waals surface area contributed by atoms with E-state index >= 15 is 0 Å². The van der Waals surface area contributed by atoms with Crippen molar-refractivity contribution in [1.82, 2.24) is 9.29 Å². The fourth-order valence-corrected chi connectivity index (χ4v) is 3.54. The number of pyridine rings is 1. The SMILES string of the molecule is CC1(C)C(=O)N(Cc2ccc(Cl)nc2Cl)S1(=O)=O. The van der Waals surface area contributed by atoms with Crippen LogP contribution in [0.15, 0.2) is 12.1 Å². The molecule has 0 N–H and O–H groups in total. The fourth-order valence-electron chi connectivity index (χ4n) is 1.63. The maximum atomic E-state index is 11.9. The van der Waals surface area contributed by atoms with Crippen LogP contribution in [0.1, 0.15) is 19.4 Å². The Balaban J connectivity index is 2.30. The van der Waals surface area contributed by atoms with Crippen molar-refractivity contribution in [2.75, 3.05) is 0 Å². The average Bonchev–Trinajstić information content (AvgIpc) is 2.26. The number of carbonyl (C=O) groups is 1. The van der Waals surface area contributed by atoms with Gasteiger partial charge in [-0.05, 0) is 19.9 Å². The number of nitrogens with zero attached hydrogens (tertiary/aromatic N) is 2. The molecule has 5 nitrogen and oxygen atoms in total. The van der Waals surface area contributed by atoms with E-state index in [2.05, 4.69) is 4.98 Å². The minimum atomic E-state index is -3.61. The lowest BCUT2D eigenvalue weighted by Gasteiger charge is -2.43. The summed E-state index contributed by atoms with van der Waals surface area (Å²) in [6, 6.07) is 3.04. The summed E-state index contributed by atoms with van der Waals surface area (Å²) in [5.74, 6) is -0.450. The number of rotatable bonds is 2. The highest BCUT2D eigenvalue weighted by Crippen LogP contribution is 2.36. The topological polar surface area (TPSA) is 67.3 Å². The van der Waals surface area contributed by atoms with Crippen LogP contribution in [0.5, 0.6) is 0 Å². The summed E-state index contributed by atoms with van der Waals surface area (Å²) < 4.78 is 23.2. The highest BCUT2D eigenvalue weighted by Gasteiger charge is 2.59. The monoisotopic (exact) mass is 308 g/mol. The number of hydrogen-bond donors (Lipinski definition) is 0. The summed E-state index contributed by atoms with van der Waals surface area (Å²) in [5.41, 5.74) is 0.438. The summed E-state index contributed by atoms with van der Waals surface area (Å²) in [6.45, 7) is 2.64. The molecule has 0 unspecified atom stereocenters. The predicted octanol–water partition coefficient (Wildman–Crippen LogP) is 1.84. The van der Waals surface area contributed by atoms with Gasteiger partial charge in [0.05, 0.1) is 6.54 Å². The normalized spacial score (nSPS) is 20.7. The van der Waals surface area contributed by atoms with Gasteiger partial charge in [-0.25, -0.2) is 17.7 Å². The Labute approximate surface area is 115 Å². The summed E-state index contributed by atoms with van der Waals surface area (Å²) in [7, 11) is -3.61. The minimum absolute atomic E-state index is 0.0928. The lowest BCUT2D eigenvalue weighted by molar-refractivity contribution is -0.132. The summed E-state index contributed by atoms with van der Waals surface area (Å²) in [6.07, 6.45) is 0. The van der Waals surface area contributed by atoms with E-state index in [1.165, 1.54) is 19.9 Å². The number of halogens is 2. The molecule has 1 aromatic rings. The van der Waals surface area contributed by atoms with E-state index in [-0.39, 0.29) is 16.9 Å². The second-order valence-electron chi connectivity index (χ2n) is 4.41. The van der Waals surface area contributed by atoms with E-state index < -0.39 is 20.7 Å². The van der Waals surface area contributed by atoms with Crippen LogP contribution in [0.2, 0.25) is 10.3 Å². The lowest BCUT2D eigenvalue weighted by atomic mass is 10.1. The smallest absolute Gasteiger partial charge is 0.259 e. The van der Waals surface area contributed by atoms with Crippen molar-refractivity contribution < 1.29 is 13.2 Å². The van der Waals surface area contributed by atoms with Crippen molar-refractivity contribution in [2.24, 2.45) is 0 Å². The highest BCUT2D eigenvalue weighted by atomic mass is 35.5. The van der Waals surface area contributed by atoms with Crippen LogP contribution in [-0.2, 0) is 21.4 Å². The van der Waals surface area contributed by atoms with Crippen LogP contribution in [0.3, 0.4) is 0 Å². The Kier molecular flexibility index (Phi) is 3.08. The van der Waals surface area contributed by atoms with Gasteiger partial charge in [0.2, 0.25) is 0 Å². The molecule has 1 amide bonds.